The Morgan fingerprint density at radius 1 is 1.15 bits per heavy atom. The van der Waals surface area contributed by atoms with E-state index in [1.165, 1.54) is 4.31 Å². The summed E-state index contributed by atoms with van der Waals surface area (Å²) in [5, 5.41) is 0. The number of sulfonamides is 1. The molecule has 0 bridgehead atoms. The number of hydrogen-bond acceptors (Lipinski definition) is 4. The summed E-state index contributed by atoms with van der Waals surface area (Å²) in [4.78, 5) is 14.3. The number of anilines is 1. The average Bonchev–Trinajstić information content (AvgIpc) is 3.00. The van der Waals surface area contributed by atoms with Gasteiger partial charge in [-0.15, -0.1) is 0 Å². The second kappa shape index (κ2) is 7.37. The maximum absolute atomic E-state index is 12.7. The van der Waals surface area contributed by atoms with Gasteiger partial charge in [-0.05, 0) is 36.8 Å². The summed E-state index contributed by atoms with van der Waals surface area (Å²) >= 11 is 0. The molecule has 0 N–H and O–H groups in total. The Morgan fingerprint density at radius 3 is 2.46 bits per heavy atom. The summed E-state index contributed by atoms with van der Waals surface area (Å²) in [7, 11) is 0.119. The number of ether oxygens (including phenoxy) is 1. The Morgan fingerprint density at radius 2 is 1.85 bits per heavy atom. The minimum atomic E-state index is -3.21. The van der Waals surface area contributed by atoms with Crippen molar-refractivity contribution in [2.45, 2.75) is 13.0 Å². The zero-order valence-corrected chi connectivity index (χ0v) is 15.7. The molecule has 2 aromatic rings. The van der Waals surface area contributed by atoms with Crippen LogP contribution in [0.3, 0.4) is 0 Å². The van der Waals surface area contributed by atoms with Gasteiger partial charge in [-0.3, -0.25) is 9.10 Å². The van der Waals surface area contributed by atoms with Crippen LogP contribution in [0, 0.1) is 0 Å². The average molecular weight is 374 g/mol. The van der Waals surface area contributed by atoms with Crippen molar-refractivity contribution in [1.82, 2.24) is 4.90 Å². The number of benzene rings is 2. The van der Waals surface area contributed by atoms with Crippen molar-refractivity contribution in [3.63, 3.8) is 0 Å². The lowest BCUT2D eigenvalue weighted by Gasteiger charge is -2.20. The Labute approximate surface area is 154 Å². The topological polar surface area (TPSA) is 66.9 Å². The molecule has 0 saturated carbocycles. The Balaban J connectivity index is 1.73. The fourth-order valence-electron chi connectivity index (χ4n) is 3.08. The van der Waals surface area contributed by atoms with Gasteiger partial charge in [-0.25, -0.2) is 8.42 Å². The van der Waals surface area contributed by atoms with Gasteiger partial charge in [-0.2, -0.15) is 0 Å². The van der Waals surface area contributed by atoms with Crippen LogP contribution in [0.25, 0.3) is 0 Å². The van der Waals surface area contributed by atoms with Crippen molar-refractivity contribution in [2.24, 2.45) is 0 Å². The van der Waals surface area contributed by atoms with Crippen LogP contribution in [0.2, 0.25) is 0 Å². The number of carbonyl (C=O) groups excluding carboxylic acids is 1. The molecule has 1 amide bonds. The van der Waals surface area contributed by atoms with Gasteiger partial charge in [0.05, 0.1) is 18.6 Å². The highest BCUT2D eigenvalue weighted by Gasteiger charge is 2.28. The van der Waals surface area contributed by atoms with Crippen LogP contribution < -0.4 is 9.04 Å². The summed E-state index contributed by atoms with van der Waals surface area (Å²) in [5.41, 5.74) is 2.04. The standard InChI is InChI=1S/C19H22N2O4S/c1-20(14-16-6-3-4-7-18(16)25-2)19(22)15-8-10-17(11-9-15)21-12-5-13-26(21,23)24/h3-4,6-11H,5,12-14H2,1-2H3. The molecule has 3 rings (SSSR count). The van der Waals surface area contributed by atoms with Crippen molar-refractivity contribution in [2.75, 3.05) is 30.8 Å². The van der Waals surface area contributed by atoms with Crippen molar-refractivity contribution < 1.29 is 17.9 Å². The lowest BCUT2D eigenvalue weighted by atomic mass is 10.1. The quantitative estimate of drug-likeness (QED) is 0.807. The Bertz CT molecular complexity index is 894. The first-order valence-electron chi connectivity index (χ1n) is 8.40. The summed E-state index contributed by atoms with van der Waals surface area (Å²) in [6.45, 7) is 0.911. The van der Waals surface area contributed by atoms with Gasteiger partial charge >= 0.3 is 0 Å². The summed E-state index contributed by atoms with van der Waals surface area (Å²) in [6, 6.07) is 14.3. The maximum atomic E-state index is 12.7. The minimum Gasteiger partial charge on any atom is -0.496 e. The summed E-state index contributed by atoms with van der Waals surface area (Å²) in [5.74, 6) is 0.781. The smallest absolute Gasteiger partial charge is 0.253 e. The van der Waals surface area contributed by atoms with Crippen LogP contribution in [-0.4, -0.2) is 45.7 Å². The molecule has 0 spiro atoms. The van der Waals surface area contributed by atoms with Gasteiger partial charge in [0.2, 0.25) is 10.0 Å². The normalized spacial score (nSPS) is 15.7. The van der Waals surface area contributed by atoms with Crippen molar-refractivity contribution in [3.05, 3.63) is 59.7 Å². The molecule has 0 aromatic heterocycles. The predicted octanol–water partition coefficient (Wildman–Crippen LogP) is 2.51. The lowest BCUT2D eigenvalue weighted by Crippen LogP contribution is -2.27. The molecule has 2 aromatic carbocycles. The highest BCUT2D eigenvalue weighted by molar-refractivity contribution is 7.93. The van der Waals surface area contributed by atoms with Gasteiger partial charge in [0.25, 0.3) is 5.91 Å². The van der Waals surface area contributed by atoms with Crippen LogP contribution >= 0.6 is 0 Å². The molecule has 0 unspecified atom stereocenters. The number of rotatable bonds is 5. The SMILES string of the molecule is COc1ccccc1CN(C)C(=O)c1ccc(N2CCCS2(=O)=O)cc1. The molecule has 138 valence electrons. The van der Waals surface area contributed by atoms with E-state index in [0.29, 0.717) is 30.8 Å². The third-order valence-corrected chi connectivity index (χ3v) is 6.32. The minimum absolute atomic E-state index is 0.133. The first kappa shape index (κ1) is 18.3. The van der Waals surface area contributed by atoms with E-state index in [1.54, 1.807) is 43.3 Å². The van der Waals surface area contributed by atoms with Crippen LogP contribution in [0.4, 0.5) is 5.69 Å². The highest BCUT2D eigenvalue weighted by Crippen LogP contribution is 2.25. The number of amides is 1. The second-order valence-electron chi connectivity index (χ2n) is 6.26. The van der Waals surface area contributed by atoms with Crippen LogP contribution in [0.15, 0.2) is 48.5 Å². The predicted molar refractivity (Wildman–Crippen MR) is 101 cm³/mol. The van der Waals surface area contributed by atoms with Gasteiger partial charge < -0.3 is 9.64 Å². The summed E-state index contributed by atoms with van der Waals surface area (Å²) in [6.07, 6.45) is 0.630. The van der Waals surface area contributed by atoms with Gasteiger partial charge in [0.15, 0.2) is 0 Å². The fourth-order valence-corrected chi connectivity index (χ4v) is 4.65. The van der Waals surface area contributed by atoms with Crippen molar-refractivity contribution >= 4 is 21.6 Å². The van der Waals surface area contributed by atoms with E-state index in [4.69, 9.17) is 4.74 Å². The highest BCUT2D eigenvalue weighted by atomic mass is 32.2. The van der Waals surface area contributed by atoms with E-state index in [-0.39, 0.29) is 11.7 Å². The van der Waals surface area contributed by atoms with Gasteiger partial charge in [-0.1, -0.05) is 18.2 Å². The molecular formula is C19H22N2O4S. The zero-order chi connectivity index (χ0) is 18.7. The monoisotopic (exact) mass is 374 g/mol. The fraction of sp³-hybridized carbons (Fsp3) is 0.316. The van der Waals surface area contributed by atoms with E-state index in [1.807, 2.05) is 24.3 Å². The lowest BCUT2D eigenvalue weighted by molar-refractivity contribution is 0.0784. The molecule has 0 radical (unpaired) electrons. The van der Waals surface area contributed by atoms with Crippen LogP contribution in [0.5, 0.6) is 5.75 Å². The van der Waals surface area contributed by atoms with Gasteiger partial charge in [0.1, 0.15) is 5.75 Å². The third-order valence-electron chi connectivity index (χ3n) is 4.45. The van der Waals surface area contributed by atoms with Gasteiger partial charge in [0, 0.05) is 31.3 Å². The van der Waals surface area contributed by atoms with Crippen molar-refractivity contribution in [3.8, 4) is 5.75 Å². The molecular weight excluding hydrogens is 352 g/mol. The molecule has 1 saturated heterocycles. The molecule has 26 heavy (non-hydrogen) atoms. The molecule has 1 aliphatic heterocycles. The number of hydrogen-bond donors (Lipinski definition) is 0. The van der Waals surface area contributed by atoms with E-state index in [9.17, 15) is 13.2 Å². The molecule has 0 atom stereocenters. The number of methoxy groups -OCH3 is 1. The number of nitrogens with zero attached hydrogens (tertiary/aromatic N) is 2. The Hall–Kier alpha value is -2.54. The molecule has 6 nitrogen and oxygen atoms in total. The first-order valence-corrected chi connectivity index (χ1v) is 10.0. The summed E-state index contributed by atoms with van der Waals surface area (Å²) < 4.78 is 30.7. The molecule has 1 fully saturated rings. The van der Waals surface area contributed by atoms with E-state index >= 15 is 0 Å². The largest absolute Gasteiger partial charge is 0.496 e. The van der Waals surface area contributed by atoms with E-state index < -0.39 is 10.0 Å². The first-order chi connectivity index (χ1) is 12.4. The molecule has 0 aliphatic carbocycles. The van der Waals surface area contributed by atoms with E-state index in [2.05, 4.69) is 0 Å². The Kier molecular flexibility index (Phi) is 5.18. The molecule has 7 heteroatoms. The van der Waals surface area contributed by atoms with Crippen LogP contribution in [-0.2, 0) is 16.6 Å². The number of carbonyl (C=O) groups is 1. The maximum Gasteiger partial charge on any atom is 0.253 e. The number of para-hydroxylation sites is 1. The van der Waals surface area contributed by atoms with Crippen LogP contribution in [0.1, 0.15) is 22.3 Å². The third kappa shape index (κ3) is 3.67. The second-order valence-corrected chi connectivity index (χ2v) is 8.27. The molecule has 1 heterocycles. The van der Waals surface area contributed by atoms with Crippen molar-refractivity contribution in [1.29, 1.82) is 0 Å². The molecule has 1 aliphatic rings. The van der Waals surface area contributed by atoms with E-state index in [0.717, 1.165) is 11.3 Å². The zero-order valence-electron chi connectivity index (χ0n) is 14.9.